The second-order valence-corrected chi connectivity index (χ2v) is 4.93. The summed E-state index contributed by atoms with van der Waals surface area (Å²) in [5.41, 5.74) is 0.990. The van der Waals surface area contributed by atoms with Crippen molar-refractivity contribution in [3.63, 3.8) is 0 Å². The van der Waals surface area contributed by atoms with Crippen molar-refractivity contribution in [3.8, 4) is 0 Å². The van der Waals surface area contributed by atoms with Gasteiger partial charge >= 0.3 is 0 Å². The van der Waals surface area contributed by atoms with Gasteiger partial charge in [-0.25, -0.2) is 0 Å². The van der Waals surface area contributed by atoms with Crippen molar-refractivity contribution in [1.29, 1.82) is 0 Å². The number of allylic oxidation sites excluding steroid dienone is 1. The van der Waals surface area contributed by atoms with E-state index in [2.05, 4.69) is 34.3 Å². The maximum absolute atomic E-state index is 11.9. The van der Waals surface area contributed by atoms with Gasteiger partial charge in [-0.1, -0.05) is 34.3 Å². The first-order valence-electron chi connectivity index (χ1n) is 5.34. The maximum Gasteiger partial charge on any atom is 0.230 e. The third-order valence-corrected chi connectivity index (χ3v) is 3.25. The molecule has 1 saturated heterocycles. The summed E-state index contributed by atoms with van der Waals surface area (Å²) >= 11 is 0. The van der Waals surface area contributed by atoms with Gasteiger partial charge in [0.25, 0.3) is 0 Å². The molecule has 2 heteroatoms. The topological polar surface area (TPSA) is 20.3 Å². The SMILES string of the molecule is C=C1C(C(C)C)C(C(C)C)C(=O)N1C. The molecule has 2 atom stereocenters. The van der Waals surface area contributed by atoms with E-state index in [0.29, 0.717) is 17.8 Å². The molecule has 1 amide bonds. The number of nitrogens with zero attached hydrogens (tertiary/aromatic N) is 1. The van der Waals surface area contributed by atoms with Gasteiger partial charge in [-0.05, 0) is 11.8 Å². The van der Waals surface area contributed by atoms with E-state index < -0.39 is 0 Å². The van der Waals surface area contributed by atoms with E-state index in [0.717, 1.165) is 5.70 Å². The quantitative estimate of drug-likeness (QED) is 0.663. The van der Waals surface area contributed by atoms with Crippen molar-refractivity contribution in [2.24, 2.45) is 23.7 Å². The van der Waals surface area contributed by atoms with E-state index >= 15 is 0 Å². The van der Waals surface area contributed by atoms with E-state index in [4.69, 9.17) is 0 Å². The molecule has 0 aromatic carbocycles. The zero-order valence-corrected chi connectivity index (χ0v) is 9.87. The first kappa shape index (κ1) is 11.3. The lowest BCUT2D eigenvalue weighted by Gasteiger charge is -2.23. The molecule has 0 bridgehead atoms. The zero-order chi connectivity index (χ0) is 11.0. The predicted molar refractivity (Wildman–Crippen MR) is 58.6 cm³/mol. The van der Waals surface area contributed by atoms with Crippen LogP contribution >= 0.6 is 0 Å². The van der Waals surface area contributed by atoms with Crippen molar-refractivity contribution in [1.82, 2.24) is 4.90 Å². The molecule has 2 unspecified atom stereocenters. The molecule has 80 valence electrons. The number of hydrogen-bond acceptors (Lipinski definition) is 1. The fraction of sp³-hybridized carbons (Fsp3) is 0.750. The fourth-order valence-corrected chi connectivity index (χ4v) is 2.45. The number of hydrogen-bond donors (Lipinski definition) is 0. The number of carbonyl (C=O) groups excluding carboxylic acids is 1. The largest absolute Gasteiger partial charge is 0.319 e. The van der Waals surface area contributed by atoms with Gasteiger partial charge in [-0.15, -0.1) is 0 Å². The Labute approximate surface area is 87.0 Å². The number of rotatable bonds is 2. The Bertz CT molecular complexity index is 229. The van der Waals surface area contributed by atoms with Gasteiger partial charge in [-0.3, -0.25) is 4.79 Å². The van der Waals surface area contributed by atoms with Crippen LogP contribution < -0.4 is 0 Å². The van der Waals surface area contributed by atoms with Gasteiger partial charge in [-0.2, -0.15) is 0 Å². The Kier molecular flexibility index (Phi) is 3.03. The minimum Gasteiger partial charge on any atom is -0.319 e. The van der Waals surface area contributed by atoms with Crippen LogP contribution in [0.1, 0.15) is 27.7 Å². The smallest absolute Gasteiger partial charge is 0.230 e. The van der Waals surface area contributed by atoms with Crippen LogP contribution in [0.2, 0.25) is 0 Å². The maximum atomic E-state index is 11.9. The van der Waals surface area contributed by atoms with Crippen LogP contribution in [0, 0.1) is 23.7 Å². The van der Waals surface area contributed by atoms with Gasteiger partial charge in [0, 0.05) is 24.6 Å². The number of likely N-dealkylation sites (tertiary alicyclic amines) is 1. The van der Waals surface area contributed by atoms with Gasteiger partial charge < -0.3 is 4.90 Å². The molecule has 2 nitrogen and oxygen atoms in total. The summed E-state index contributed by atoms with van der Waals surface area (Å²) in [6, 6.07) is 0. The van der Waals surface area contributed by atoms with Crippen LogP contribution in [0.5, 0.6) is 0 Å². The summed E-state index contributed by atoms with van der Waals surface area (Å²) < 4.78 is 0. The standard InChI is InChI=1S/C12H21NO/c1-7(2)10-9(5)13(6)12(14)11(10)8(3)4/h7-8,10-11H,5H2,1-4,6H3. The molecule has 0 aromatic heterocycles. The molecule has 0 spiro atoms. The van der Waals surface area contributed by atoms with Crippen LogP contribution in [0.25, 0.3) is 0 Å². The van der Waals surface area contributed by atoms with E-state index in [1.807, 2.05) is 7.05 Å². The average Bonchev–Trinajstić information content (AvgIpc) is 2.29. The number of amides is 1. The average molecular weight is 195 g/mol. The Morgan fingerprint density at radius 2 is 1.57 bits per heavy atom. The van der Waals surface area contributed by atoms with Gasteiger partial charge in [0.05, 0.1) is 0 Å². The molecule has 1 rings (SSSR count). The molecule has 0 radical (unpaired) electrons. The number of carbonyl (C=O) groups is 1. The molecule has 1 aliphatic heterocycles. The Hall–Kier alpha value is -0.790. The third-order valence-electron chi connectivity index (χ3n) is 3.25. The lowest BCUT2D eigenvalue weighted by molar-refractivity contribution is -0.130. The monoisotopic (exact) mass is 195 g/mol. The van der Waals surface area contributed by atoms with Gasteiger partial charge in [0.15, 0.2) is 0 Å². The molecule has 14 heavy (non-hydrogen) atoms. The molecule has 0 aliphatic carbocycles. The highest BCUT2D eigenvalue weighted by molar-refractivity contribution is 5.84. The van der Waals surface area contributed by atoms with Gasteiger partial charge in [0.2, 0.25) is 5.91 Å². The highest BCUT2D eigenvalue weighted by Gasteiger charge is 2.44. The zero-order valence-electron chi connectivity index (χ0n) is 9.87. The molecule has 1 fully saturated rings. The van der Waals surface area contributed by atoms with Crippen molar-refractivity contribution in [2.75, 3.05) is 7.05 Å². The highest BCUT2D eigenvalue weighted by atomic mass is 16.2. The summed E-state index contributed by atoms with van der Waals surface area (Å²) in [6.07, 6.45) is 0. The van der Waals surface area contributed by atoms with Crippen molar-refractivity contribution in [2.45, 2.75) is 27.7 Å². The Morgan fingerprint density at radius 1 is 1.14 bits per heavy atom. The lowest BCUT2D eigenvalue weighted by atomic mass is 9.78. The molecule has 0 N–H and O–H groups in total. The van der Waals surface area contributed by atoms with Crippen molar-refractivity contribution < 1.29 is 4.79 Å². The van der Waals surface area contributed by atoms with Crippen molar-refractivity contribution >= 4 is 5.91 Å². The third kappa shape index (κ3) is 1.58. The first-order valence-corrected chi connectivity index (χ1v) is 5.34. The lowest BCUT2D eigenvalue weighted by Crippen LogP contribution is -2.27. The van der Waals surface area contributed by atoms with Gasteiger partial charge in [0.1, 0.15) is 0 Å². The predicted octanol–water partition coefficient (Wildman–Crippen LogP) is 2.52. The second-order valence-electron chi connectivity index (χ2n) is 4.93. The summed E-state index contributed by atoms with van der Waals surface area (Å²) in [5, 5.41) is 0. The van der Waals surface area contributed by atoms with E-state index in [-0.39, 0.29) is 11.8 Å². The Morgan fingerprint density at radius 3 is 1.86 bits per heavy atom. The molecule has 0 saturated carbocycles. The van der Waals surface area contributed by atoms with Crippen LogP contribution in [0.15, 0.2) is 12.3 Å². The normalized spacial score (nSPS) is 28.4. The van der Waals surface area contributed by atoms with Crippen LogP contribution in [0.3, 0.4) is 0 Å². The minimum atomic E-state index is 0.132. The van der Waals surface area contributed by atoms with Crippen LogP contribution in [0.4, 0.5) is 0 Å². The second kappa shape index (κ2) is 3.76. The summed E-state index contributed by atoms with van der Waals surface area (Å²) in [4.78, 5) is 13.7. The summed E-state index contributed by atoms with van der Waals surface area (Å²) in [6.45, 7) is 12.6. The summed E-state index contributed by atoms with van der Waals surface area (Å²) in [7, 11) is 1.84. The molecule has 1 aliphatic rings. The van der Waals surface area contributed by atoms with E-state index in [9.17, 15) is 4.79 Å². The molecule has 1 heterocycles. The van der Waals surface area contributed by atoms with E-state index in [1.54, 1.807) is 4.90 Å². The fourth-order valence-electron chi connectivity index (χ4n) is 2.45. The van der Waals surface area contributed by atoms with Crippen LogP contribution in [-0.4, -0.2) is 17.9 Å². The first-order chi connectivity index (χ1) is 6.37. The molecular formula is C12H21NO. The van der Waals surface area contributed by atoms with Crippen LogP contribution in [-0.2, 0) is 4.79 Å². The summed E-state index contributed by atoms with van der Waals surface area (Å²) in [5.74, 6) is 1.59. The van der Waals surface area contributed by atoms with E-state index in [1.165, 1.54) is 0 Å². The highest BCUT2D eigenvalue weighted by Crippen LogP contribution is 2.40. The van der Waals surface area contributed by atoms with Crippen molar-refractivity contribution in [3.05, 3.63) is 12.3 Å². The minimum absolute atomic E-state index is 0.132. The molecule has 0 aromatic rings. The Balaban J connectivity index is 3.01. The molecular weight excluding hydrogens is 174 g/mol.